The molecular weight excluding hydrogens is 289 g/mol. The first-order valence-electron chi connectivity index (χ1n) is 5.45. The smallest absolute Gasteiger partial charge is 0.276 e. The van der Waals surface area contributed by atoms with Gasteiger partial charge in [-0.1, -0.05) is 29.3 Å². The molecule has 100 valence electrons. The summed E-state index contributed by atoms with van der Waals surface area (Å²) < 4.78 is 1.21. The second kappa shape index (κ2) is 5.11. The van der Waals surface area contributed by atoms with E-state index in [1.807, 2.05) is 0 Å². The third kappa shape index (κ3) is 2.52. The lowest BCUT2D eigenvalue weighted by Crippen LogP contribution is -2.16. The summed E-state index contributed by atoms with van der Waals surface area (Å²) in [6, 6.07) is 4.94. The number of aromatic amines is 1. The third-order valence-electron chi connectivity index (χ3n) is 2.58. The SMILES string of the molecule is CC(=O)Nc1[nH]n(-c2c(Cl)cccc2Cl)c(=O)c1C. The van der Waals surface area contributed by atoms with Crippen molar-refractivity contribution in [2.75, 3.05) is 5.32 Å². The molecule has 2 rings (SSSR count). The van der Waals surface area contributed by atoms with Crippen LogP contribution in [-0.2, 0) is 4.79 Å². The zero-order valence-corrected chi connectivity index (χ0v) is 11.8. The lowest BCUT2D eigenvalue weighted by molar-refractivity contribution is -0.114. The van der Waals surface area contributed by atoms with Gasteiger partial charge in [0.2, 0.25) is 5.91 Å². The van der Waals surface area contributed by atoms with Gasteiger partial charge in [0.1, 0.15) is 11.5 Å². The molecule has 0 unspecified atom stereocenters. The summed E-state index contributed by atoms with van der Waals surface area (Å²) in [5.74, 6) is 0.0511. The van der Waals surface area contributed by atoms with Crippen molar-refractivity contribution in [1.29, 1.82) is 0 Å². The number of carbonyl (C=O) groups excluding carboxylic acids is 1. The van der Waals surface area contributed by atoms with Crippen LogP contribution in [0.25, 0.3) is 5.69 Å². The van der Waals surface area contributed by atoms with E-state index in [4.69, 9.17) is 23.2 Å². The van der Waals surface area contributed by atoms with Crippen LogP contribution in [0.2, 0.25) is 10.0 Å². The Morgan fingerprint density at radius 1 is 1.32 bits per heavy atom. The van der Waals surface area contributed by atoms with Crippen molar-refractivity contribution < 1.29 is 4.79 Å². The van der Waals surface area contributed by atoms with Gasteiger partial charge in [0.15, 0.2) is 0 Å². The van der Waals surface area contributed by atoms with Crippen LogP contribution < -0.4 is 10.9 Å². The first-order valence-corrected chi connectivity index (χ1v) is 6.21. The van der Waals surface area contributed by atoms with Crippen molar-refractivity contribution in [2.24, 2.45) is 0 Å². The van der Waals surface area contributed by atoms with Crippen molar-refractivity contribution in [3.8, 4) is 5.69 Å². The largest absolute Gasteiger partial charge is 0.311 e. The molecule has 0 aliphatic carbocycles. The predicted octanol–water partition coefficient (Wildman–Crippen LogP) is 2.74. The van der Waals surface area contributed by atoms with Crippen LogP contribution in [-0.4, -0.2) is 15.7 Å². The molecule has 1 aromatic heterocycles. The highest BCUT2D eigenvalue weighted by Crippen LogP contribution is 2.27. The van der Waals surface area contributed by atoms with Gasteiger partial charge in [-0.05, 0) is 19.1 Å². The molecule has 1 amide bonds. The van der Waals surface area contributed by atoms with Crippen molar-refractivity contribution in [3.63, 3.8) is 0 Å². The molecule has 0 spiro atoms. The number of aromatic nitrogens is 2. The van der Waals surface area contributed by atoms with E-state index >= 15 is 0 Å². The normalized spacial score (nSPS) is 10.5. The molecule has 1 heterocycles. The maximum absolute atomic E-state index is 12.1. The molecule has 0 bridgehead atoms. The number of nitrogens with zero attached hydrogens (tertiary/aromatic N) is 1. The number of amides is 1. The van der Waals surface area contributed by atoms with Crippen LogP contribution in [0.3, 0.4) is 0 Å². The highest BCUT2D eigenvalue weighted by Gasteiger charge is 2.16. The van der Waals surface area contributed by atoms with Gasteiger partial charge in [0.25, 0.3) is 5.56 Å². The maximum atomic E-state index is 12.1. The monoisotopic (exact) mass is 299 g/mol. The van der Waals surface area contributed by atoms with Crippen molar-refractivity contribution >= 4 is 34.9 Å². The van der Waals surface area contributed by atoms with Crippen LogP contribution >= 0.6 is 23.2 Å². The topological polar surface area (TPSA) is 66.9 Å². The van der Waals surface area contributed by atoms with Crippen LogP contribution in [0, 0.1) is 6.92 Å². The Morgan fingerprint density at radius 3 is 2.42 bits per heavy atom. The van der Waals surface area contributed by atoms with E-state index in [1.54, 1.807) is 25.1 Å². The van der Waals surface area contributed by atoms with Gasteiger partial charge in [-0.15, -0.1) is 0 Å². The summed E-state index contributed by atoms with van der Waals surface area (Å²) >= 11 is 12.1. The Morgan fingerprint density at radius 2 is 1.89 bits per heavy atom. The first kappa shape index (κ1) is 13.7. The average molecular weight is 300 g/mol. The summed E-state index contributed by atoms with van der Waals surface area (Å²) in [6.07, 6.45) is 0. The minimum absolute atomic E-state index is 0.276. The minimum atomic E-state index is -0.321. The first-order chi connectivity index (χ1) is 8.91. The maximum Gasteiger partial charge on any atom is 0.276 e. The highest BCUT2D eigenvalue weighted by atomic mass is 35.5. The molecular formula is C12H11Cl2N3O2. The lowest BCUT2D eigenvalue weighted by Gasteiger charge is -2.06. The van der Waals surface area contributed by atoms with Crippen molar-refractivity contribution in [2.45, 2.75) is 13.8 Å². The van der Waals surface area contributed by atoms with Crippen LogP contribution in [0.4, 0.5) is 5.82 Å². The van der Waals surface area contributed by atoms with Crippen LogP contribution in [0.1, 0.15) is 12.5 Å². The number of hydrogen-bond donors (Lipinski definition) is 2. The van der Waals surface area contributed by atoms with Crippen molar-refractivity contribution in [1.82, 2.24) is 9.78 Å². The molecule has 0 aliphatic heterocycles. The van der Waals surface area contributed by atoms with Gasteiger partial charge in [0, 0.05) is 6.92 Å². The zero-order chi connectivity index (χ0) is 14.2. The number of rotatable bonds is 2. The standard InChI is InChI=1S/C12H11Cl2N3O2/c1-6-11(15-7(2)18)16-17(12(6)19)10-8(13)4-3-5-9(10)14/h3-5,16H,1-2H3,(H,15,18). The quantitative estimate of drug-likeness (QED) is 0.895. The number of para-hydroxylation sites is 1. The fraction of sp³-hybridized carbons (Fsp3) is 0.167. The Bertz CT molecular complexity index is 683. The van der Waals surface area contributed by atoms with E-state index in [9.17, 15) is 9.59 Å². The molecule has 2 aromatic rings. The van der Waals surface area contributed by atoms with Gasteiger partial charge in [-0.3, -0.25) is 14.7 Å². The van der Waals surface area contributed by atoms with E-state index in [0.29, 0.717) is 27.1 Å². The van der Waals surface area contributed by atoms with Crippen LogP contribution in [0.15, 0.2) is 23.0 Å². The number of H-pyrrole nitrogens is 1. The fourth-order valence-corrected chi connectivity index (χ4v) is 2.25. The minimum Gasteiger partial charge on any atom is -0.311 e. The second-order valence-electron chi connectivity index (χ2n) is 4.00. The van der Waals surface area contributed by atoms with Crippen molar-refractivity contribution in [3.05, 3.63) is 44.2 Å². The van der Waals surface area contributed by atoms with Gasteiger partial charge in [-0.25, -0.2) is 4.68 Å². The fourth-order valence-electron chi connectivity index (χ4n) is 1.68. The lowest BCUT2D eigenvalue weighted by atomic mass is 10.3. The number of anilines is 1. The molecule has 7 heteroatoms. The molecule has 0 fully saturated rings. The Hall–Kier alpha value is -1.72. The molecule has 0 saturated heterocycles. The number of hydrogen-bond acceptors (Lipinski definition) is 2. The third-order valence-corrected chi connectivity index (χ3v) is 3.19. The van der Waals surface area contributed by atoms with Gasteiger partial charge in [0.05, 0.1) is 15.6 Å². The molecule has 5 nitrogen and oxygen atoms in total. The highest BCUT2D eigenvalue weighted by molar-refractivity contribution is 6.37. The van der Waals surface area contributed by atoms with E-state index in [2.05, 4.69) is 10.4 Å². The molecule has 0 atom stereocenters. The van der Waals surface area contributed by atoms with Gasteiger partial charge in [-0.2, -0.15) is 0 Å². The van der Waals surface area contributed by atoms with E-state index in [0.717, 1.165) is 0 Å². The average Bonchev–Trinajstić information content (AvgIpc) is 2.57. The summed E-state index contributed by atoms with van der Waals surface area (Å²) in [7, 11) is 0. The Balaban J connectivity index is 2.64. The van der Waals surface area contributed by atoms with E-state index < -0.39 is 0 Å². The number of benzene rings is 1. The summed E-state index contributed by atoms with van der Waals surface area (Å²) in [5, 5.41) is 6.00. The molecule has 2 N–H and O–H groups in total. The Kier molecular flexibility index (Phi) is 3.68. The molecule has 19 heavy (non-hydrogen) atoms. The van der Waals surface area contributed by atoms with Crippen LogP contribution in [0.5, 0.6) is 0 Å². The summed E-state index contributed by atoms with van der Waals surface area (Å²) in [5.41, 5.74) is 0.417. The second-order valence-corrected chi connectivity index (χ2v) is 4.82. The van der Waals surface area contributed by atoms with Gasteiger partial charge < -0.3 is 5.32 Å². The molecule has 0 aliphatic rings. The molecule has 0 radical (unpaired) electrons. The Labute approximate surface area is 119 Å². The summed E-state index contributed by atoms with van der Waals surface area (Å²) in [6.45, 7) is 2.96. The number of halogens is 2. The van der Waals surface area contributed by atoms with E-state index in [1.165, 1.54) is 11.6 Å². The molecule has 0 saturated carbocycles. The predicted molar refractivity (Wildman–Crippen MR) is 75.5 cm³/mol. The molecule has 1 aromatic carbocycles. The summed E-state index contributed by atoms with van der Waals surface area (Å²) in [4.78, 5) is 23.2. The van der Waals surface area contributed by atoms with E-state index in [-0.39, 0.29) is 11.5 Å². The number of carbonyl (C=O) groups is 1. The number of nitrogens with one attached hydrogen (secondary N) is 2. The zero-order valence-electron chi connectivity index (χ0n) is 10.3. The van der Waals surface area contributed by atoms with Gasteiger partial charge >= 0.3 is 0 Å².